The molecule has 0 aliphatic rings. The molecule has 0 saturated carbocycles. The molecule has 0 heterocycles. The van der Waals surface area contributed by atoms with Gasteiger partial charge in [-0.3, -0.25) is 10.1 Å². The van der Waals surface area contributed by atoms with Gasteiger partial charge in [-0.05, 0) is 31.5 Å². The van der Waals surface area contributed by atoms with E-state index in [-0.39, 0.29) is 18.7 Å². The van der Waals surface area contributed by atoms with Crippen LogP contribution >= 0.6 is 0 Å². The van der Waals surface area contributed by atoms with Gasteiger partial charge in [-0.1, -0.05) is 12.1 Å². The molecule has 1 atom stereocenters. The SMILES string of the molecule is CC(C)NC(C#N)c1ccc(OCC(N)=O)cc1. The molecule has 96 valence electrons. The number of nitriles is 1. The fourth-order valence-electron chi connectivity index (χ4n) is 1.45. The van der Waals surface area contributed by atoms with E-state index < -0.39 is 5.91 Å². The van der Waals surface area contributed by atoms with E-state index in [1.165, 1.54) is 0 Å². The van der Waals surface area contributed by atoms with Crippen molar-refractivity contribution < 1.29 is 9.53 Å². The number of carbonyl (C=O) groups is 1. The van der Waals surface area contributed by atoms with Crippen molar-refractivity contribution in [1.82, 2.24) is 5.32 Å². The topological polar surface area (TPSA) is 88.1 Å². The summed E-state index contributed by atoms with van der Waals surface area (Å²) in [5.74, 6) is 0.0363. The number of nitrogens with one attached hydrogen (secondary N) is 1. The van der Waals surface area contributed by atoms with Gasteiger partial charge in [-0.25, -0.2) is 0 Å². The maximum Gasteiger partial charge on any atom is 0.255 e. The third-order valence-electron chi connectivity index (χ3n) is 2.22. The van der Waals surface area contributed by atoms with Crippen LogP contribution in [0.3, 0.4) is 0 Å². The Morgan fingerprint density at radius 1 is 1.44 bits per heavy atom. The van der Waals surface area contributed by atoms with E-state index in [0.29, 0.717) is 5.75 Å². The number of amides is 1. The predicted molar refractivity (Wildman–Crippen MR) is 67.8 cm³/mol. The van der Waals surface area contributed by atoms with Crippen LogP contribution in [0.2, 0.25) is 0 Å². The van der Waals surface area contributed by atoms with Gasteiger partial charge in [-0.2, -0.15) is 5.26 Å². The second-order valence-electron chi connectivity index (χ2n) is 4.21. The normalized spacial score (nSPS) is 11.9. The van der Waals surface area contributed by atoms with Crippen molar-refractivity contribution in [3.63, 3.8) is 0 Å². The number of nitrogens with zero attached hydrogens (tertiary/aromatic N) is 1. The minimum atomic E-state index is -0.518. The molecular weight excluding hydrogens is 230 g/mol. The molecule has 1 aromatic carbocycles. The van der Waals surface area contributed by atoms with Crippen LogP contribution in [0.4, 0.5) is 0 Å². The highest BCUT2D eigenvalue weighted by atomic mass is 16.5. The van der Waals surface area contributed by atoms with Crippen molar-refractivity contribution in [2.75, 3.05) is 6.61 Å². The molecule has 1 amide bonds. The molecule has 3 N–H and O–H groups in total. The van der Waals surface area contributed by atoms with Crippen LogP contribution in [0, 0.1) is 11.3 Å². The molecule has 0 spiro atoms. The Morgan fingerprint density at radius 2 is 2.06 bits per heavy atom. The van der Waals surface area contributed by atoms with E-state index >= 15 is 0 Å². The van der Waals surface area contributed by atoms with E-state index in [2.05, 4.69) is 11.4 Å². The highest BCUT2D eigenvalue weighted by Crippen LogP contribution is 2.17. The van der Waals surface area contributed by atoms with Crippen LogP contribution < -0.4 is 15.8 Å². The van der Waals surface area contributed by atoms with E-state index in [1.54, 1.807) is 24.3 Å². The molecule has 0 fully saturated rings. The summed E-state index contributed by atoms with van der Waals surface area (Å²) in [7, 11) is 0. The van der Waals surface area contributed by atoms with Gasteiger partial charge in [0.15, 0.2) is 6.61 Å². The van der Waals surface area contributed by atoms with Gasteiger partial charge in [-0.15, -0.1) is 0 Å². The molecule has 0 radical (unpaired) electrons. The van der Waals surface area contributed by atoms with E-state index in [0.717, 1.165) is 5.56 Å². The summed E-state index contributed by atoms with van der Waals surface area (Å²) in [5.41, 5.74) is 5.84. The molecule has 0 aliphatic carbocycles. The summed E-state index contributed by atoms with van der Waals surface area (Å²) < 4.78 is 5.14. The quantitative estimate of drug-likeness (QED) is 0.788. The number of nitrogens with two attached hydrogens (primary N) is 1. The van der Waals surface area contributed by atoms with Crippen LogP contribution in [0.5, 0.6) is 5.75 Å². The average molecular weight is 247 g/mol. The number of carbonyl (C=O) groups excluding carboxylic acids is 1. The van der Waals surface area contributed by atoms with Crippen LogP contribution in [0.25, 0.3) is 0 Å². The van der Waals surface area contributed by atoms with E-state index in [9.17, 15) is 4.79 Å². The van der Waals surface area contributed by atoms with Crippen LogP contribution in [0.15, 0.2) is 24.3 Å². The fourth-order valence-corrected chi connectivity index (χ4v) is 1.45. The van der Waals surface area contributed by atoms with Crippen molar-refractivity contribution in [2.24, 2.45) is 5.73 Å². The van der Waals surface area contributed by atoms with Gasteiger partial charge in [0.1, 0.15) is 11.8 Å². The zero-order chi connectivity index (χ0) is 13.5. The smallest absolute Gasteiger partial charge is 0.255 e. The lowest BCUT2D eigenvalue weighted by Gasteiger charge is -2.15. The van der Waals surface area contributed by atoms with Crippen LogP contribution in [-0.2, 0) is 4.79 Å². The summed E-state index contributed by atoms with van der Waals surface area (Å²) in [4.78, 5) is 10.6. The Balaban J connectivity index is 2.69. The van der Waals surface area contributed by atoms with Crippen molar-refractivity contribution >= 4 is 5.91 Å². The Kier molecular flexibility index (Phi) is 5.15. The molecule has 0 aromatic heterocycles. The fraction of sp³-hybridized carbons (Fsp3) is 0.385. The van der Waals surface area contributed by atoms with Crippen molar-refractivity contribution in [2.45, 2.75) is 25.9 Å². The first kappa shape index (κ1) is 14.0. The summed E-state index contributed by atoms with van der Waals surface area (Å²) in [6.45, 7) is 3.81. The standard InChI is InChI=1S/C13H17N3O2/c1-9(2)16-12(7-14)10-3-5-11(6-4-10)18-8-13(15)17/h3-6,9,12,16H,8H2,1-2H3,(H2,15,17). The minimum Gasteiger partial charge on any atom is -0.484 e. The first-order valence-corrected chi connectivity index (χ1v) is 5.69. The molecule has 5 heteroatoms. The lowest BCUT2D eigenvalue weighted by molar-refractivity contribution is -0.119. The maximum absolute atomic E-state index is 10.6. The Bertz CT molecular complexity index is 435. The van der Waals surface area contributed by atoms with Gasteiger partial charge in [0, 0.05) is 6.04 Å². The molecule has 1 rings (SSSR count). The lowest BCUT2D eigenvalue weighted by atomic mass is 10.1. The molecule has 18 heavy (non-hydrogen) atoms. The predicted octanol–water partition coefficient (Wildman–Crippen LogP) is 1.11. The highest BCUT2D eigenvalue weighted by molar-refractivity contribution is 5.75. The largest absolute Gasteiger partial charge is 0.484 e. The third-order valence-corrected chi connectivity index (χ3v) is 2.22. The zero-order valence-corrected chi connectivity index (χ0v) is 10.5. The third kappa shape index (κ3) is 4.44. The van der Waals surface area contributed by atoms with E-state index in [1.807, 2.05) is 13.8 Å². The highest BCUT2D eigenvalue weighted by Gasteiger charge is 2.11. The monoisotopic (exact) mass is 247 g/mol. The van der Waals surface area contributed by atoms with Crippen molar-refractivity contribution in [3.8, 4) is 11.8 Å². The molecule has 0 aliphatic heterocycles. The van der Waals surface area contributed by atoms with Crippen LogP contribution in [0.1, 0.15) is 25.5 Å². The Hall–Kier alpha value is -2.06. The summed E-state index contributed by atoms with van der Waals surface area (Å²) in [5, 5.41) is 12.2. The van der Waals surface area contributed by atoms with Gasteiger partial charge in [0.25, 0.3) is 5.91 Å². The second kappa shape index (κ2) is 6.62. The minimum absolute atomic E-state index is 0.148. The average Bonchev–Trinajstić information content (AvgIpc) is 2.34. The Morgan fingerprint density at radius 3 is 2.50 bits per heavy atom. The van der Waals surface area contributed by atoms with Crippen molar-refractivity contribution in [1.29, 1.82) is 5.26 Å². The first-order valence-electron chi connectivity index (χ1n) is 5.69. The number of hydrogen-bond donors (Lipinski definition) is 2. The zero-order valence-electron chi connectivity index (χ0n) is 10.5. The van der Waals surface area contributed by atoms with Crippen molar-refractivity contribution in [3.05, 3.63) is 29.8 Å². The number of hydrogen-bond acceptors (Lipinski definition) is 4. The van der Waals surface area contributed by atoms with Crippen LogP contribution in [-0.4, -0.2) is 18.6 Å². The maximum atomic E-state index is 10.6. The molecular formula is C13H17N3O2. The second-order valence-corrected chi connectivity index (χ2v) is 4.21. The molecule has 0 saturated heterocycles. The summed E-state index contributed by atoms with van der Waals surface area (Å²) in [6, 6.07) is 9.07. The van der Waals surface area contributed by atoms with Gasteiger partial charge < -0.3 is 10.5 Å². The molecule has 5 nitrogen and oxygen atoms in total. The lowest BCUT2D eigenvalue weighted by Crippen LogP contribution is -2.27. The van der Waals surface area contributed by atoms with E-state index in [4.69, 9.17) is 15.7 Å². The van der Waals surface area contributed by atoms with Gasteiger partial charge in [0.05, 0.1) is 6.07 Å². The summed E-state index contributed by atoms with van der Waals surface area (Å²) in [6.07, 6.45) is 0. The first-order chi connectivity index (χ1) is 8.52. The Labute approximate surface area is 107 Å². The number of primary amides is 1. The molecule has 1 aromatic rings. The molecule has 1 unspecified atom stereocenters. The number of benzene rings is 1. The summed E-state index contributed by atoms with van der Waals surface area (Å²) >= 11 is 0. The van der Waals surface area contributed by atoms with Gasteiger partial charge >= 0.3 is 0 Å². The number of rotatable bonds is 6. The number of ether oxygens (including phenoxy) is 1. The van der Waals surface area contributed by atoms with Gasteiger partial charge in [0.2, 0.25) is 0 Å². The molecule has 0 bridgehead atoms.